The van der Waals surface area contributed by atoms with E-state index in [1.165, 1.54) is 0 Å². The molecule has 0 saturated heterocycles. The van der Waals surface area contributed by atoms with Crippen LogP contribution in [0, 0.1) is 0 Å². The van der Waals surface area contributed by atoms with E-state index in [-0.39, 0.29) is 16.8 Å². The van der Waals surface area contributed by atoms with Crippen molar-refractivity contribution in [1.82, 2.24) is 5.32 Å². The lowest BCUT2D eigenvalue weighted by molar-refractivity contribution is -0.120. The van der Waals surface area contributed by atoms with Gasteiger partial charge in [-0.25, -0.2) is 0 Å². The third-order valence-corrected chi connectivity index (χ3v) is 3.96. The molecule has 0 aliphatic carbocycles. The number of para-hydroxylation sites is 2. The summed E-state index contributed by atoms with van der Waals surface area (Å²) in [5, 5.41) is 3.05. The van der Waals surface area contributed by atoms with E-state index in [0.29, 0.717) is 11.5 Å². The topological polar surface area (TPSA) is 47.6 Å². The molecule has 0 fully saturated rings. The SMILES string of the molecule is COc1ccccc1C(NC(=O)C(C)Br)c1ccccc1OC. The summed E-state index contributed by atoms with van der Waals surface area (Å²) in [6, 6.07) is 14.9. The highest BCUT2D eigenvalue weighted by Gasteiger charge is 2.24. The number of rotatable bonds is 6. The molecule has 0 heterocycles. The fourth-order valence-corrected chi connectivity index (χ4v) is 2.52. The average Bonchev–Trinajstić information content (AvgIpc) is 2.59. The lowest BCUT2D eigenvalue weighted by Gasteiger charge is -2.24. The highest BCUT2D eigenvalue weighted by Crippen LogP contribution is 2.34. The molecule has 0 bridgehead atoms. The van der Waals surface area contributed by atoms with Crippen LogP contribution in [0.15, 0.2) is 48.5 Å². The summed E-state index contributed by atoms with van der Waals surface area (Å²) in [5.41, 5.74) is 1.75. The zero-order valence-electron chi connectivity index (χ0n) is 13.4. The number of amides is 1. The molecule has 2 rings (SSSR count). The maximum Gasteiger partial charge on any atom is 0.234 e. The smallest absolute Gasteiger partial charge is 0.234 e. The monoisotopic (exact) mass is 377 g/mol. The van der Waals surface area contributed by atoms with Crippen LogP contribution < -0.4 is 14.8 Å². The lowest BCUT2D eigenvalue weighted by atomic mass is 9.96. The molecule has 1 atom stereocenters. The Bertz CT molecular complexity index is 625. The molecular formula is C18H20BrNO3. The summed E-state index contributed by atoms with van der Waals surface area (Å²) in [7, 11) is 3.24. The number of carbonyl (C=O) groups excluding carboxylic acids is 1. The summed E-state index contributed by atoms with van der Waals surface area (Å²) in [5.74, 6) is 1.32. The van der Waals surface area contributed by atoms with Gasteiger partial charge in [0.2, 0.25) is 5.91 Å². The number of methoxy groups -OCH3 is 2. The first-order valence-electron chi connectivity index (χ1n) is 7.28. The van der Waals surface area contributed by atoms with Crippen molar-refractivity contribution >= 4 is 21.8 Å². The van der Waals surface area contributed by atoms with Crippen LogP contribution in [-0.2, 0) is 4.79 Å². The van der Waals surface area contributed by atoms with E-state index in [2.05, 4.69) is 21.2 Å². The Morgan fingerprint density at radius 3 is 1.78 bits per heavy atom. The summed E-state index contributed by atoms with van der Waals surface area (Å²) in [4.78, 5) is 12.0. The number of benzene rings is 2. The molecule has 0 spiro atoms. The second kappa shape index (κ2) is 8.02. The number of ether oxygens (including phenoxy) is 2. The van der Waals surface area contributed by atoms with E-state index in [0.717, 1.165) is 11.1 Å². The van der Waals surface area contributed by atoms with E-state index in [1.54, 1.807) is 21.1 Å². The first-order chi connectivity index (χ1) is 11.1. The molecule has 2 aromatic carbocycles. The third-order valence-electron chi connectivity index (χ3n) is 3.55. The Labute approximate surface area is 144 Å². The van der Waals surface area contributed by atoms with Crippen LogP contribution in [0.25, 0.3) is 0 Å². The molecule has 0 aliphatic heterocycles. The van der Waals surface area contributed by atoms with Crippen molar-refractivity contribution in [3.05, 3.63) is 59.7 Å². The van der Waals surface area contributed by atoms with Crippen molar-refractivity contribution in [3.8, 4) is 11.5 Å². The van der Waals surface area contributed by atoms with Gasteiger partial charge in [0.05, 0.1) is 25.1 Å². The van der Waals surface area contributed by atoms with Crippen LogP contribution in [-0.4, -0.2) is 25.0 Å². The summed E-state index contributed by atoms with van der Waals surface area (Å²) in [6.07, 6.45) is 0. The van der Waals surface area contributed by atoms with Crippen LogP contribution in [0.5, 0.6) is 11.5 Å². The van der Waals surface area contributed by atoms with Crippen molar-refractivity contribution in [3.63, 3.8) is 0 Å². The molecule has 1 N–H and O–H groups in total. The molecular weight excluding hydrogens is 358 g/mol. The van der Waals surface area contributed by atoms with Gasteiger partial charge in [-0.2, -0.15) is 0 Å². The molecule has 4 nitrogen and oxygen atoms in total. The van der Waals surface area contributed by atoms with E-state index in [4.69, 9.17) is 9.47 Å². The Morgan fingerprint density at radius 1 is 0.957 bits per heavy atom. The van der Waals surface area contributed by atoms with Gasteiger partial charge in [0.1, 0.15) is 11.5 Å². The largest absolute Gasteiger partial charge is 0.496 e. The second-order valence-electron chi connectivity index (χ2n) is 5.04. The Kier molecular flexibility index (Phi) is 6.04. The van der Waals surface area contributed by atoms with Gasteiger partial charge in [-0.15, -0.1) is 0 Å². The molecule has 0 aromatic heterocycles. The highest BCUT2D eigenvalue weighted by molar-refractivity contribution is 9.10. The van der Waals surface area contributed by atoms with E-state index in [9.17, 15) is 4.79 Å². The van der Waals surface area contributed by atoms with Crippen molar-refractivity contribution in [2.24, 2.45) is 0 Å². The van der Waals surface area contributed by atoms with Gasteiger partial charge in [-0.05, 0) is 19.1 Å². The van der Waals surface area contributed by atoms with Gasteiger partial charge in [0.15, 0.2) is 0 Å². The predicted octanol–water partition coefficient (Wildman–Crippen LogP) is 3.69. The lowest BCUT2D eigenvalue weighted by Crippen LogP contribution is -2.34. The number of halogens is 1. The van der Waals surface area contributed by atoms with Crippen LogP contribution in [0.3, 0.4) is 0 Å². The number of nitrogens with one attached hydrogen (secondary N) is 1. The van der Waals surface area contributed by atoms with Gasteiger partial charge >= 0.3 is 0 Å². The zero-order chi connectivity index (χ0) is 16.8. The van der Waals surface area contributed by atoms with Crippen LogP contribution in [0.4, 0.5) is 0 Å². The molecule has 1 unspecified atom stereocenters. The number of hydrogen-bond acceptors (Lipinski definition) is 3. The normalized spacial score (nSPS) is 11.9. The summed E-state index contributed by atoms with van der Waals surface area (Å²) in [6.45, 7) is 1.79. The van der Waals surface area contributed by atoms with Crippen LogP contribution in [0.2, 0.25) is 0 Å². The molecule has 0 aliphatic rings. The maximum atomic E-state index is 12.3. The first-order valence-corrected chi connectivity index (χ1v) is 8.20. The molecule has 122 valence electrons. The van der Waals surface area contributed by atoms with Gasteiger partial charge < -0.3 is 14.8 Å². The highest BCUT2D eigenvalue weighted by atomic mass is 79.9. The fraction of sp³-hybridized carbons (Fsp3) is 0.278. The van der Waals surface area contributed by atoms with Crippen LogP contribution >= 0.6 is 15.9 Å². The number of hydrogen-bond donors (Lipinski definition) is 1. The van der Waals surface area contributed by atoms with Crippen molar-refractivity contribution in [2.75, 3.05) is 14.2 Å². The third kappa shape index (κ3) is 4.05. The van der Waals surface area contributed by atoms with Crippen molar-refractivity contribution in [2.45, 2.75) is 17.8 Å². The van der Waals surface area contributed by atoms with E-state index in [1.807, 2.05) is 48.5 Å². The Morgan fingerprint density at radius 2 is 1.39 bits per heavy atom. The van der Waals surface area contributed by atoms with E-state index < -0.39 is 0 Å². The minimum atomic E-state index is -0.366. The minimum Gasteiger partial charge on any atom is -0.496 e. The second-order valence-corrected chi connectivity index (χ2v) is 6.42. The van der Waals surface area contributed by atoms with Gasteiger partial charge in [-0.3, -0.25) is 4.79 Å². The fourth-order valence-electron chi connectivity index (χ4n) is 2.39. The Balaban J connectivity index is 2.53. The van der Waals surface area contributed by atoms with Crippen LogP contribution in [0.1, 0.15) is 24.1 Å². The van der Waals surface area contributed by atoms with Gasteiger partial charge in [0.25, 0.3) is 0 Å². The molecule has 0 saturated carbocycles. The minimum absolute atomic E-state index is 0.105. The van der Waals surface area contributed by atoms with Crippen molar-refractivity contribution in [1.29, 1.82) is 0 Å². The maximum absolute atomic E-state index is 12.3. The Hall–Kier alpha value is -2.01. The van der Waals surface area contributed by atoms with Gasteiger partial charge in [0, 0.05) is 11.1 Å². The quantitative estimate of drug-likeness (QED) is 0.780. The predicted molar refractivity (Wildman–Crippen MR) is 94.4 cm³/mol. The molecule has 5 heteroatoms. The zero-order valence-corrected chi connectivity index (χ0v) is 15.0. The van der Waals surface area contributed by atoms with Gasteiger partial charge in [-0.1, -0.05) is 52.3 Å². The molecule has 0 radical (unpaired) electrons. The first kappa shape index (κ1) is 17.3. The van der Waals surface area contributed by atoms with Crippen molar-refractivity contribution < 1.29 is 14.3 Å². The molecule has 2 aromatic rings. The summed E-state index contributed by atoms with van der Waals surface area (Å²) < 4.78 is 10.9. The molecule has 1 amide bonds. The number of alkyl halides is 1. The standard InChI is InChI=1S/C18H20BrNO3/c1-12(19)18(21)20-17(13-8-4-6-10-15(13)22-2)14-9-5-7-11-16(14)23-3/h4-12,17H,1-3H3,(H,20,21). The van der Waals surface area contributed by atoms with E-state index >= 15 is 0 Å². The molecule has 23 heavy (non-hydrogen) atoms. The average molecular weight is 378 g/mol. The number of carbonyl (C=O) groups is 1. The summed E-state index contributed by atoms with van der Waals surface area (Å²) >= 11 is 3.31.